The molecule has 0 unspecified atom stereocenters. The van der Waals surface area contributed by atoms with Gasteiger partial charge in [0.2, 0.25) is 21.8 Å². The zero-order valence-electron chi connectivity index (χ0n) is 22.7. The van der Waals surface area contributed by atoms with Crippen LogP contribution in [0.1, 0.15) is 0 Å². The second-order valence-electron chi connectivity index (χ2n) is 10.3. The predicted octanol–water partition coefficient (Wildman–Crippen LogP) is 0.871. The lowest BCUT2D eigenvalue weighted by molar-refractivity contribution is 0.248. The summed E-state index contributed by atoms with van der Waals surface area (Å²) in [4.78, 5) is 17.9. The van der Waals surface area contributed by atoms with Gasteiger partial charge in [-0.1, -0.05) is 0 Å². The quantitative estimate of drug-likeness (QED) is 0.275. The molecule has 0 saturated carbocycles. The van der Waals surface area contributed by atoms with Crippen LogP contribution in [0.2, 0.25) is 0 Å². The maximum atomic E-state index is 15.1. The molecule has 5 aromatic rings. The molecule has 1 aromatic carbocycles. The van der Waals surface area contributed by atoms with Crippen molar-refractivity contribution in [3.05, 3.63) is 48.7 Å². The number of sulfonamides is 1. The van der Waals surface area contributed by atoms with Crippen molar-refractivity contribution in [3.8, 4) is 11.6 Å². The molecule has 2 aliphatic heterocycles. The molecule has 7 rings (SSSR count). The van der Waals surface area contributed by atoms with E-state index in [1.165, 1.54) is 14.9 Å². The highest BCUT2D eigenvalue weighted by Gasteiger charge is 2.28. The third-order valence-electron chi connectivity index (χ3n) is 7.81. The third kappa shape index (κ3) is 4.75. The Labute approximate surface area is 240 Å². The van der Waals surface area contributed by atoms with Crippen LogP contribution in [0.3, 0.4) is 0 Å². The third-order valence-corrected chi connectivity index (χ3v) is 9.71. The second kappa shape index (κ2) is 10.6. The summed E-state index contributed by atoms with van der Waals surface area (Å²) in [7, 11) is -3.72. The van der Waals surface area contributed by atoms with Crippen LogP contribution < -0.4 is 16.0 Å². The lowest BCUT2D eigenvalue weighted by Crippen LogP contribution is -2.47. The molecule has 42 heavy (non-hydrogen) atoms. The number of halogens is 1. The van der Waals surface area contributed by atoms with E-state index in [0.29, 0.717) is 79.9 Å². The number of nitrogen functional groups attached to an aromatic ring is 1. The van der Waals surface area contributed by atoms with Gasteiger partial charge in [0.05, 0.1) is 23.2 Å². The molecular weight excluding hydrogens is 565 g/mol. The number of hydrogen-bond acceptors (Lipinski definition) is 11. The number of aromatic nitrogens is 6. The van der Waals surface area contributed by atoms with E-state index in [2.05, 4.69) is 30.3 Å². The van der Waals surface area contributed by atoms with Crippen LogP contribution in [0.15, 0.2) is 52.2 Å². The van der Waals surface area contributed by atoms with Crippen LogP contribution in [0.4, 0.5) is 16.0 Å². The molecule has 0 amide bonds. The highest BCUT2D eigenvalue weighted by Crippen LogP contribution is 2.26. The first-order valence-corrected chi connectivity index (χ1v) is 15.2. The maximum absolute atomic E-state index is 15.1. The summed E-state index contributed by atoms with van der Waals surface area (Å²) < 4.78 is 51.2. The van der Waals surface area contributed by atoms with Crippen molar-refractivity contribution in [3.63, 3.8) is 0 Å². The molecule has 6 heterocycles. The van der Waals surface area contributed by atoms with E-state index in [4.69, 9.17) is 10.2 Å². The van der Waals surface area contributed by atoms with E-state index in [1.54, 1.807) is 30.8 Å². The summed E-state index contributed by atoms with van der Waals surface area (Å²) in [6.07, 6.45) is 3.28. The van der Waals surface area contributed by atoms with Crippen molar-refractivity contribution in [2.45, 2.75) is 11.4 Å². The minimum absolute atomic E-state index is 0.00770. The Balaban J connectivity index is 1.00. The number of rotatable bonds is 7. The van der Waals surface area contributed by atoms with Crippen molar-refractivity contribution in [1.82, 2.24) is 43.7 Å². The number of nitrogens with one attached hydrogen (secondary N) is 1. The molecule has 0 atom stereocenters. The van der Waals surface area contributed by atoms with Crippen molar-refractivity contribution in [2.75, 3.05) is 69.5 Å². The van der Waals surface area contributed by atoms with Crippen LogP contribution in [-0.2, 0) is 16.6 Å². The van der Waals surface area contributed by atoms with E-state index >= 15 is 4.39 Å². The Hall–Kier alpha value is -4.12. The largest absolute Gasteiger partial charge is 0.461 e. The fourth-order valence-corrected chi connectivity index (χ4v) is 6.96. The zero-order valence-corrected chi connectivity index (χ0v) is 23.5. The number of hydrogen-bond donors (Lipinski definition) is 2. The first-order chi connectivity index (χ1) is 20.4. The summed E-state index contributed by atoms with van der Waals surface area (Å²) in [5.74, 6) is 0.608. The standard InChI is InChI=1S/C26H30FN11O3S/c27-19-16-18(42(39,40)37-7-5-29-6-8-37)3-4-20(19)35-12-9-34(10-13-35)11-14-36-17-30-22-24(36)32-26(28)38-25(22)31-23(33-38)21-2-1-15-41-21/h1-4,15-17,29H,5-14H2,(H2,28,32). The van der Waals surface area contributed by atoms with Gasteiger partial charge in [-0.05, 0) is 30.3 Å². The first kappa shape index (κ1) is 26.8. The predicted molar refractivity (Wildman–Crippen MR) is 153 cm³/mol. The number of furan rings is 1. The molecule has 2 saturated heterocycles. The summed E-state index contributed by atoms with van der Waals surface area (Å²) in [5, 5.41) is 7.54. The molecule has 0 spiro atoms. The number of benzene rings is 1. The molecule has 0 bridgehead atoms. The van der Waals surface area contributed by atoms with Gasteiger partial charge in [0.25, 0.3) is 0 Å². The average Bonchev–Trinajstić information content (AvgIpc) is 3.77. The molecule has 16 heteroatoms. The molecule has 4 aromatic heterocycles. The van der Waals surface area contributed by atoms with Crippen LogP contribution >= 0.6 is 0 Å². The van der Waals surface area contributed by atoms with Crippen LogP contribution in [0, 0.1) is 5.82 Å². The summed E-state index contributed by atoms with van der Waals surface area (Å²) >= 11 is 0. The van der Waals surface area contributed by atoms with E-state index in [-0.39, 0.29) is 10.8 Å². The van der Waals surface area contributed by atoms with Crippen molar-refractivity contribution >= 4 is 38.5 Å². The Bertz CT molecular complexity index is 1840. The van der Waals surface area contributed by atoms with Gasteiger partial charge in [-0.15, -0.1) is 5.10 Å². The van der Waals surface area contributed by atoms with E-state index in [0.717, 1.165) is 25.7 Å². The van der Waals surface area contributed by atoms with Crippen LogP contribution in [0.5, 0.6) is 0 Å². The first-order valence-electron chi connectivity index (χ1n) is 13.8. The normalized spacial score (nSPS) is 17.5. The number of nitrogens with zero attached hydrogens (tertiary/aromatic N) is 9. The molecule has 0 aliphatic carbocycles. The van der Waals surface area contributed by atoms with Crippen molar-refractivity contribution in [2.24, 2.45) is 0 Å². The van der Waals surface area contributed by atoms with Crippen molar-refractivity contribution in [1.29, 1.82) is 0 Å². The van der Waals surface area contributed by atoms with Gasteiger partial charge in [-0.25, -0.2) is 22.8 Å². The average molecular weight is 596 g/mol. The second-order valence-corrected chi connectivity index (χ2v) is 12.3. The van der Waals surface area contributed by atoms with Gasteiger partial charge >= 0.3 is 0 Å². The van der Waals surface area contributed by atoms with E-state index in [1.807, 2.05) is 9.47 Å². The number of imidazole rings is 1. The Kier molecular flexibility index (Phi) is 6.76. The SMILES string of the molecule is Nc1nc2c(ncn2CCN2CCN(c3ccc(S(=O)(=O)N4CCNCC4)cc3F)CC2)c2nc(-c3ccco3)nn12. The van der Waals surface area contributed by atoms with Crippen molar-refractivity contribution < 1.29 is 17.2 Å². The van der Waals surface area contributed by atoms with E-state index in [9.17, 15) is 8.42 Å². The monoisotopic (exact) mass is 595 g/mol. The van der Waals surface area contributed by atoms with Gasteiger partial charge < -0.3 is 24.9 Å². The molecule has 2 aliphatic rings. The number of nitrogens with two attached hydrogens (primary N) is 1. The van der Waals surface area contributed by atoms with E-state index < -0.39 is 15.8 Å². The Morgan fingerprint density at radius 1 is 1.00 bits per heavy atom. The number of anilines is 2. The molecule has 2 fully saturated rings. The molecule has 0 radical (unpaired) electrons. The topological polar surface area (TPSA) is 156 Å². The van der Waals surface area contributed by atoms with Gasteiger partial charge in [0.1, 0.15) is 5.82 Å². The lowest BCUT2D eigenvalue weighted by atomic mass is 10.2. The minimum atomic E-state index is -3.72. The Morgan fingerprint density at radius 2 is 1.81 bits per heavy atom. The van der Waals surface area contributed by atoms with Gasteiger partial charge in [0, 0.05) is 65.4 Å². The van der Waals surface area contributed by atoms with Crippen LogP contribution in [-0.4, -0.2) is 106 Å². The number of piperazine rings is 2. The van der Waals surface area contributed by atoms with Gasteiger partial charge in [-0.2, -0.15) is 13.8 Å². The molecule has 220 valence electrons. The smallest absolute Gasteiger partial charge is 0.243 e. The Morgan fingerprint density at radius 3 is 2.55 bits per heavy atom. The zero-order chi connectivity index (χ0) is 28.8. The van der Waals surface area contributed by atoms with Gasteiger partial charge in [-0.3, -0.25) is 4.90 Å². The summed E-state index contributed by atoms with van der Waals surface area (Å²) in [6.45, 7) is 5.99. The van der Waals surface area contributed by atoms with Gasteiger partial charge in [0.15, 0.2) is 22.6 Å². The molecular formula is C26H30FN11O3S. The maximum Gasteiger partial charge on any atom is 0.243 e. The molecule has 3 N–H and O–H groups in total. The minimum Gasteiger partial charge on any atom is -0.461 e. The number of fused-ring (bicyclic) bond motifs is 3. The summed E-state index contributed by atoms with van der Waals surface area (Å²) in [6, 6.07) is 7.77. The highest BCUT2D eigenvalue weighted by atomic mass is 32.2. The fourth-order valence-electron chi connectivity index (χ4n) is 5.51. The van der Waals surface area contributed by atoms with Crippen LogP contribution in [0.25, 0.3) is 28.4 Å². The fraction of sp³-hybridized carbons (Fsp3) is 0.385. The highest BCUT2D eigenvalue weighted by molar-refractivity contribution is 7.89. The lowest BCUT2D eigenvalue weighted by Gasteiger charge is -2.36. The summed E-state index contributed by atoms with van der Waals surface area (Å²) in [5.41, 5.74) is 8.34. The molecule has 14 nitrogen and oxygen atoms in total.